The molecule has 164 valence electrons. The summed E-state index contributed by atoms with van der Waals surface area (Å²) in [6, 6.07) is 12.3. The van der Waals surface area contributed by atoms with Crippen LogP contribution < -0.4 is 5.32 Å². The Bertz CT molecular complexity index is 1090. The number of rotatable bonds is 6. The van der Waals surface area contributed by atoms with E-state index in [9.17, 15) is 18.0 Å². The summed E-state index contributed by atoms with van der Waals surface area (Å²) in [7, 11) is 3.65. The fourth-order valence-corrected chi connectivity index (χ4v) is 4.43. The Labute approximate surface area is 179 Å². The van der Waals surface area contributed by atoms with Crippen LogP contribution in [0.1, 0.15) is 22.3 Å². The predicted molar refractivity (Wildman–Crippen MR) is 115 cm³/mol. The van der Waals surface area contributed by atoms with Gasteiger partial charge in [-0.05, 0) is 49.7 Å². The van der Waals surface area contributed by atoms with Crippen molar-refractivity contribution < 1.29 is 18.0 Å². The van der Waals surface area contributed by atoms with Crippen LogP contribution in [0.4, 0.5) is 13.2 Å². The highest BCUT2D eigenvalue weighted by Gasteiger charge is 2.37. The van der Waals surface area contributed by atoms with Gasteiger partial charge in [0, 0.05) is 24.7 Å². The first-order valence-electron chi connectivity index (χ1n) is 10.4. The van der Waals surface area contributed by atoms with Crippen LogP contribution >= 0.6 is 0 Å². The summed E-state index contributed by atoms with van der Waals surface area (Å²) in [5, 5.41) is 3.48. The molecular weight excluding hydrogens is 403 g/mol. The molecular formula is C24H26F3N3O. The van der Waals surface area contributed by atoms with Gasteiger partial charge in [0.1, 0.15) is 0 Å². The van der Waals surface area contributed by atoms with E-state index in [1.807, 2.05) is 44.4 Å². The van der Waals surface area contributed by atoms with Crippen LogP contribution in [0.3, 0.4) is 0 Å². The van der Waals surface area contributed by atoms with Crippen LogP contribution in [0.25, 0.3) is 10.9 Å². The number of carbonyl (C=O) groups is 1. The van der Waals surface area contributed by atoms with Crippen LogP contribution in [0.15, 0.2) is 48.7 Å². The fraction of sp³-hybridized carbons (Fsp3) is 0.375. The van der Waals surface area contributed by atoms with E-state index in [-0.39, 0.29) is 17.7 Å². The third kappa shape index (κ3) is 4.52. The summed E-state index contributed by atoms with van der Waals surface area (Å²) in [4.78, 5) is 14.4. The zero-order valence-electron chi connectivity index (χ0n) is 17.7. The standard InChI is InChI=1S/C24H26F3N3O/c1-29(2)15-21(31)20-14-30-11-10-19-22(24(25,26)27)17(12-18(13-28-20)23(19)30)9-8-16-6-4-3-5-7-16/h3-7,10-12,20,28H,8-9,13-15H2,1-2H3. The number of halogens is 3. The summed E-state index contributed by atoms with van der Waals surface area (Å²) in [6.07, 6.45) is -1.94. The first-order chi connectivity index (χ1) is 14.7. The Morgan fingerprint density at radius 1 is 1.16 bits per heavy atom. The zero-order valence-corrected chi connectivity index (χ0v) is 17.7. The Morgan fingerprint density at radius 3 is 2.58 bits per heavy atom. The lowest BCUT2D eigenvalue weighted by molar-refractivity contribution is -0.136. The number of aromatic nitrogens is 1. The van der Waals surface area contributed by atoms with Gasteiger partial charge in [-0.15, -0.1) is 0 Å². The molecule has 0 saturated heterocycles. The summed E-state index contributed by atoms with van der Waals surface area (Å²) in [6.45, 7) is 0.971. The number of aryl methyl sites for hydroxylation is 2. The molecule has 0 saturated carbocycles. The molecule has 0 spiro atoms. The molecule has 0 radical (unpaired) electrons. The van der Waals surface area contributed by atoms with E-state index >= 15 is 0 Å². The van der Waals surface area contributed by atoms with E-state index in [4.69, 9.17) is 0 Å². The Kier molecular flexibility index (Phi) is 5.90. The van der Waals surface area contributed by atoms with Gasteiger partial charge >= 0.3 is 6.18 Å². The molecule has 4 rings (SSSR count). The van der Waals surface area contributed by atoms with Gasteiger partial charge in [-0.25, -0.2) is 0 Å². The van der Waals surface area contributed by atoms with Gasteiger partial charge in [0.15, 0.2) is 5.78 Å². The highest BCUT2D eigenvalue weighted by Crippen LogP contribution is 2.40. The molecule has 1 aliphatic rings. The maximum absolute atomic E-state index is 14.1. The Morgan fingerprint density at radius 2 is 1.90 bits per heavy atom. The minimum absolute atomic E-state index is 0.0278. The topological polar surface area (TPSA) is 37.3 Å². The smallest absolute Gasteiger partial charge is 0.345 e. The highest BCUT2D eigenvalue weighted by atomic mass is 19.4. The number of nitrogens with one attached hydrogen (secondary N) is 1. The van der Waals surface area contributed by atoms with Crippen molar-refractivity contribution in [3.63, 3.8) is 0 Å². The molecule has 1 N–H and O–H groups in total. The van der Waals surface area contributed by atoms with Crippen LogP contribution in [0.2, 0.25) is 0 Å². The third-order valence-corrected chi connectivity index (χ3v) is 5.79. The van der Waals surface area contributed by atoms with Crippen molar-refractivity contribution in [3.05, 3.63) is 70.9 Å². The van der Waals surface area contributed by atoms with Gasteiger partial charge in [0.2, 0.25) is 0 Å². The molecule has 1 unspecified atom stereocenters. The summed E-state index contributed by atoms with van der Waals surface area (Å²) >= 11 is 0. The van der Waals surface area contributed by atoms with Gasteiger partial charge < -0.3 is 14.8 Å². The molecule has 0 amide bonds. The second-order valence-electron chi connectivity index (χ2n) is 8.42. The average Bonchev–Trinajstić information content (AvgIpc) is 3.01. The van der Waals surface area contributed by atoms with Crippen LogP contribution in [0.5, 0.6) is 0 Å². The van der Waals surface area contributed by atoms with Crippen molar-refractivity contribution >= 4 is 16.7 Å². The Hall–Kier alpha value is -2.64. The van der Waals surface area contributed by atoms with Gasteiger partial charge in [-0.1, -0.05) is 36.4 Å². The quantitative estimate of drug-likeness (QED) is 0.643. The molecule has 4 nitrogen and oxygen atoms in total. The van der Waals surface area contributed by atoms with Crippen molar-refractivity contribution in [2.24, 2.45) is 0 Å². The van der Waals surface area contributed by atoms with E-state index in [0.717, 1.165) is 11.1 Å². The summed E-state index contributed by atoms with van der Waals surface area (Å²) in [5.74, 6) is 0.0278. The number of likely N-dealkylation sites (N-methyl/N-ethyl adjacent to an activating group) is 1. The molecule has 3 aromatic rings. The van der Waals surface area contributed by atoms with E-state index in [2.05, 4.69) is 5.32 Å². The SMILES string of the molecule is CN(C)CC(=O)C1Cn2ccc3c(C(F)(F)F)c(CCc4ccccc4)cc(c32)CN1. The molecule has 1 aliphatic heterocycles. The number of hydrogen-bond acceptors (Lipinski definition) is 3. The number of nitrogens with zero attached hydrogens (tertiary/aromatic N) is 2. The van der Waals surface area contributed by atoms with Gasteiger partial charge in [0.25, 0.3) is 0 Å². The minimum atomic E-state index is -4.45. The maximum Gasteiger partial charge on any atom is 0.417 e. The lowest BCUT2D eigenvalue weighted by Crippen LogP contribution is -2.42. The normalized spacial score (nSPS) is 16.6. The van der Waals surface area contributed by atoms with Crippen molar-refractivity contribution in [2.45, 2.75) is 38.1 Å². The largest absolute Gasteiger partial charge is 0.417 e. The number of ketones is 1. The molecule has 31 heavy (non-hydrogen) atoms. The summed E-state index contributed by atoms with van der Waals surface area (Å²) in [5.41, 5.74) is 2.13. The summed E-state index contributed by atoms with van der Waals surface area (Å²) < 4.78 is 44.2. The van der Waals surface area contributed by atoms with E-state index in [1.54, 1.807) is 27.8 Å². The third-order valence-electron chi connectivity index (χ3n) is 5.79. The maximum atomic E-state index is 14.1. The Balaban J connectivity index is 1.73. The van der Waals surface area contributed by atoms with Crippen LogP contribution in [-0.2, 0) is 36.9 Å². The average molecular weight is 429 g/mol. The molecule has 1 atom stereocenters. The number of hydrogen-bond donors (Lipinski definition) is 1. The lowest BCUT2D eigenvalue weighted by atomic mass is 9.94. The number of Topliss-reactive ketones (excluding diaryl/α,β-unsaturated/α-hetero) is 1. The van der Waals surface area contributed by atoms with E-state index in [0.29, 0.717) is 37.0 Å². The van der Waals surface area contributed by atoms with E-state index < -0.39 is 17.8 Å². The highest BCUT2D eigenvalue weighted by molar-refractivity contribution is 5.90. The first-order valence-corrected chi connectivity index (χ1v) is 10.4. The van der Waals surface area contributed by atoms with Crippen molar-refractivity contribution in [3.8, 4) is 0 Å². The second kappa shape index (κ2) is 8.48. The predicted octanol–water partition coefficient (Wildman–Crippen LogP) is 4.05. The van der Waals surface area contributed by atoms with Crippen LogP contribution in [0, 0.1) is 0 Å². The second-order valence-corrected chi connectivity index (χ2v) is 8.42. The monoisotopic (exact) mass is 429 g/mol. The van der Waals surface area contributed by atoms with Crippen molar-refractivity contribution in [2.75, 3.05) is 20.6 Å². The number of benzene rings is 2. The molecule has 0 fully saturated rings. The van der Waals surface area contributed by atoms with Gasteiger partial charge in [-0.3, -0.25) is 4.79 Å². The molecule has 0 aliphatic carbocycles. The molecule has 7 heteroatoms. The molecule has 2 heterocycles. The van der Waals surface area contributed by atoms with Gasteiger partial charge in [0.05, 0.1) is 23.7 Å². The molecule has 2 aromatic carbocycles. The first kappa shape index (κ1) is 21.6. The minimum Gasteiger partial charge on any atom is -0.345 e. The molecule has 0 bridgehead atoms. The number of alkyl halides is 3. The van der Waals surface area contributed by atoms with Gasteiger partial charge in [-0.2, -0.15) is 13.2 Å². The fourth-order valence-electron chi connectivity index (χ4n) is 4.43. The van der Waals surface area contributed by atoms with E-state index in [1.165, 1.54) is 0 Å². The van der Waals surface area contributed by atoms with Crippen molar-refractivity contribution in [1.82, 2.24) is 14.8 Å². The zero-order chi connectivity index (χ0) is 22.2. The lowest BCUT2D eigenvalue weighted by Gasteiger charge is -2.18. The van der Waals surface area contributed by atoms with Crippen LogP contribution in [-0.4, -0.2) is 41.9 Å². The van der Waals surface area contributed by atoms with Crippen molar-refractivity contribution in [1.29, 1.82) is 0 Å². The molecule has 1 aromatic heterocycles. The number of carbonyl (C=O) groups excluding carboxylic acids is 1.